The van der Waals surface area contributed by atoms with E-state index in [1.54, 1.807) is 0 Å². The number of nitrogens with zero attached hydrogens (tertiary/aromatic N) is 1. The van der Waals surface area contributed by atoms with Crippen LogP contribution in [0.2, 0.25) is 5.02 Å². The van der Waals surface area contributed by atoms with E-state index in [0.29, 0.717) is 0 Å². The topological polar surface area (TPSA) is 42.0 Å². The van der Waals surface area contributed by atoms with Crippen LogP contribution < -0.4 is 5.32 Å². The van der Waals surface area contributed by atoms with E-state index >= 15 is 0 Å². The van der Waals surface area contributed by atoms with Crippen molar-refractivity contribution >= 4 is 17.5 Å². The fourth-order valence-corrected chi connectivity index (χ4v) is 3.10. The molecule has 0 saturated carbocycles. The SMILES string of the molecule is O=C(N[C@@H](c1ccc(C(F)(F)F)cc1)c1ncccc1C(F)(F)F)c1cccc(Cl)c1. The van der Waals surface area contributed by atoms with Gasteiger partial charge in [0.1, 0.15) is 0 Å². The second-order valence-electron chi connectivity index (χ2n) is 6.47. The molecule has 0 bridgehead atoms. The normalized spacial score (nSPS) is 13.0. The number of pyridine rings is 1. The molecule has 1 amide bonds. The van der Waals surface area contributed by atoms with Gasteiger partial charge < -0.3 is 5.32 Å². The highest BCUT2D eigenvalue weighted by molar-refractivity contribution is 6.30. The Hall–Kier alpha value is -3.07. The summed E-state index contributed by atoms with van der Waals surface area (Å²) in [6.45, 7) is 0. The number of amides is 1. The minimum atomic E-state index is -4.80. The maximum Gasteiger partial charge on any atom is 0.418 e. The number of benzene rings is 2. The Morgan fingerprint density at radius 3 is 2.16 bits per heavy atom. The lowest BCUT2D eigenvalue weighted by atomic mass is 9.97. The predicted molar refractivity (Wildman–Crippen MR) is 101 cm³/mol. The van der Waals surface area contributed by atoms with Crippen LogP contribution >= 0.6 is 11.6 Å². The number of carbonyl (C=O) groups is 1. The second-order valence-corrected chi connectivity index (χ2v) is 6.91. The summed E-state index contributed by atoms with van der Waals surface area (Å²) in [5, 5.41) is 2.65. The molecule has 0 fully saturated rings. The molecule has 0 saturated heterocycles. The quantitative estimate of drug-likeness (QED) is 0.467. The molecule has 0 unspecified atom stereocenters. The Labute approximate surface area is 177 Å². The fraction of sp³-hybridized carbons (Fsp3) is 0.143. The Morgan fingerprint density at radius 2 is 1.58 bits per heavy atom. The van der Waals surface area contributed by atoms with Crippen molar-refractivity contribution in [3.63, 3.8) is 0 Å². The van der Waals surface area contributed by atoms with Crippen molar-refractivity contribution in [1.29, 1.82) is 0 Å². The first-order valence-electron chi connectivity index (χ1n) is 8.72. The van der Waals surface area contributed by atoms with Gasteiger partial charge in [0, 0.05) is 16.8 Å². The first-order valence-corrected chi connectivity index (χ1v) is 9.10. The van der Waals surface area contributed by atoms with Crippen LogP contribution in [0.15, 0.2) is 66.9 Å². The van der Waals surface area contributed by atoms with Crippen LogP contribution in [0, 0.1) is 0 Å². The van der Waals surface area contributed by atoms with E-state index in [2.05, 4.69) is 10.3 Å². The van der Waals surface area contributed by atoms with Gasteiger partial charge in [0.25, 0.3) is 5.91 Å². The Balaban J connectivity index is 2.08. The molecule has 1 atom stereocenters. The number of carbonyl (C=O) groups excluding carboxylic acids is 1. The van der Waals surface area contributed by atoms with Crippen LogP contribution in [0.4, 0.5) is 26.3 Å². The average Bonchev–Trinajstić information content (AvgIpc) is 2.71. The molecular weight excluding hydrogens is 446 g/mol. The van der Waals surface area contributed by atoms with Gasteiger partial charge in [-0.1, -0.05) is 29.8 Å². The maximum absolute atomic E-state index is 13.5. The van der Waals surface area contributed by atoms with Crippen molar-refractivity contribution in [1.82, 2.24) is 10.3 Å². The third-order valence-corrected chi connectivity index (χ3v) is 4.59. The first-order chi connectivity index (χ1) is 14.5. The van der Waals surface area contributed by atoms with E-state index in [-0.39, 0.29) is 16.1 Å². The van der Waals surface area contributed by atoms with Gasteiger partial charge in [-0.2, -0.15) is 26.3 Å². The van der Waals surface area contributed by atoms with E-state index in [4.69, 9.17) is 11.6 Å². The molecule has 0 spiro atoms. The van der Waals surface area contributed by atoms with Crippen LogP contribution in [-0.2, 0) is 12.4 Å². The predicted octanol–water partition coefficient (Wildman–Crippen LogP) is 6.29. The molecule has 0 aliphatic heterocycles. The Kier molecular flexibility index (Phi) is 6.26. The number of hydrogen-bond acceptors (Lipinski definition) is 2. The largest absolute Gasteiger partial charge is 0.418 e. The smallest absolute Gasteiger partial charge is 0.340 e. The second kappa shape index (κ2) is 8.58. The zero-order valence-corrected chi connectivity index (χ0v) is 16.2. The summed E-state index contributed by atoms with van der Waals surface area (Å²) in [5.74, 6) is -0.772. The van der Waals surface area contributed by atoms with Gasteiger partial charge in [0.15, 0.2) is 0 Å². The molecule has 31 heavy (non-hydrogen) atoms. The lowest BCUT2D eigenvalue weighted by Gasteiger charge is -2.23. The van der Waals surface area contributed by atoms with Gasteiger partial charge in [0.2, 0.25) is 0 Å². The molecule has 3 nitrogen and oxygen atoms in total. The molecule has 10 heteroatoms. The van der Waals surface area contributed by atoms with Gasteiger partial charge >= 0.3 is 12.4 Å². The molecule has 1 aromatic heterocycles. The third-order valence-electron chi connectivity index (χ3n) is 4.35. The van der Waals surface area contributed by atoms with E-state index in [9.17, 15) is 31.1 Å². The van der Waals surface area contributed by atoms with Crippen molar-refractivity contribution in [2.45, 2.75) is 18.4 Å². The van der Waals surface area contributed by atoms with Gasteiger partial charge in [-0.3, -0.25) is 9.78 Å². The van der Waals surface area contributed by atoms with Crippen molar-refractivity contribution in [2.75, 3.05) is 0 Å². The molecule has 3 rings (SSSR count). The van der Waals surface area contributed by atoms with Gasteiger partial charge in [-0.15, -0.1) is 0 Å². The summed E-state index contributed by atoms with van der Waals surface area (Å²) in [7, 11) is 0. The first kappa shape index (κ1) is 22.6. The number of alkyl halides is 6. The minimum absolute atomic E-state index is 0.00687. The summed E-state index contributed by atoms with van der Waals surface area (Å²) in [6, 6.07) is 9.54. The van der Waals surface area contributed by atoms with Crippen LogP contribution in [0.5, 0.6) is 0 Å². The maximum atomic E-state index is 13.5. The van der Waals surface area contributed by atoms with E-state index < -0.39 is 41.1 Å². The molecule has 0 aliphatic rings. The van der Waals surface area contributed by atoms with Gasteiger partial charge in [-0.05, 0) is 48.0 Å². The van der Waals surface area contributed by atoms with E-state index in [1.165, 1.54) is 24.3 Å². The zero-order valence-electron chi connectivity index (χ0n) is 15.4. The van der Waals surface area contributed by atoms with Crippen LogP contribution in [-0.4, -0.2) is 10.9 Å². The summed E-state index contributed by atoms with van der Waals surface area (Å²) in [5.41, 5.74) is -2.59. The molecule has 0 radical (unpaired) electrons. The number of rotatable bonds is 4. The number of halogens is 7. The molecular formula is C21H13ClF6N2O. The van der Waals surface area contributed by atoms with Crippen molar-refractivity contribution < 1.29 is 31.1 Å². The highest BCUT2D eigenvalue weighted by Gasteiger charge is 2.37. The fourth-order valence-electron chi connectivity index (χ4n) is 2.91. The zero-order chi connectivity index (χ0) is 22.8. The van der Waals surface area contributed by atoms with Crippen LogP contribution in [0.3, 0.4) is 0 Å². The number of aromatic nitrogens is 1. The van der Waals surface area contributed by atoms with Crippen LogP contribution in [0.25, 0.3) is 0 Å². The molecule has 2 aromatic carbocycles. The molecule has 1 N–H and O–H groups in total. The highest BCUT2D eigenvalue weighted by Crippen LogP contribution is 2.36. The lowest BCUT2D eigenvalue weighted by molar-refractivity contribution is -0.139. The standard InChI is InChI=1S/C21H13ClF6N2O/c22-15-4-1-3-13(11-15)19(31)30-17(12-6-8-14(9-7-12)20(23,24)25)18-16(21(26,27)28)5-2-10-29-18/h1-11,17H,(H,30,31)/t17-/m0/s1. The monoisotopic (exact) mass is 458 g/mol. The van der Waals surface area contributed by atoms with Crippen LogP contribution in [0.1, 0.15) is 38.8 Å². The lowest BCUT2D eigenvalue weighted by Crippen LogP contribution is -2.31. The highest BCUT2D eigenvalue weighted by atomic mass is 35.5. The Morgan fingerprint density at radius 1 is 0.903 bits per heavy atom. The Bertz CT molecular complexity index is 1080. The van der Waals surface area contributed by atoms with Gasteiger partial charge in [-0.25, -0.2) is 0 Å². The van der Waals surface area contributed by atoms with Crippen molar-refractivity contribution in [3.8, 4) is 0 Å². The summed E-state index contributed by atoms with van der Waals surface area (Å²) >= 11 is 5.86. The summed E-state index contributed by atoms with van der Waals surface area (Å²) in [4.78, 5) is 16.5. The van der Waals surface area contributed by atoms with Crippen molar-refractivity contribution in [2.24, 2.45) is 0 Å². The average molecular weight is 459 g/mol. The molecule has 0 aliphatic carbocycles. The summed E-state index contributed by atoms with van der Waals surface area (Å²) < 4.78 is 79.3. The number of nitrogens with one attached hydrogen (secondary N) is 1. The summed E-state index contributed by atoms with van der Waals surface area (Å²) in [6.07, 6.45) is -8.32. The number of hydrogen-bond donors (Lipinski definition) is 1. The molecule has 3 aromatic rings. The third kappa shape index (κ3) is 5.35. The van der Waals surface area contributed by atoms with E-state index in [1.807, 2.05) is 0 Å². The molecule has 162 valence electrons. The van der Waals surface area contributed by atoms with E-state index in [0.717, 1.165) is 42.6 Å². The van der Waals surface area contributed by atoms with Crippen molar-refractivity contribution in [3.05, 3.63) is 99.8 Å². The molecule has 1 heterocycles. The van der Waals surface area contributed by atoms with Gasteiger partial charge in [0.05, 0.1) is 22.9 Å². The minimum Gasteiger partial charge on any atom is -0.340 e.